The fourth-order valence-corrected chi connectivity index (χ4v) is 3.12. The van der Waals surface area contributed by atoms with E-state index in [0.717, 1.165) is 18.4 Å². The van der Waals surface area contributed by atoms with Crippen molar-refractivity contribution >= 4 is 34.2 Å². The number of nitrogens with zero attached hydrogens (tertiary/aromatic N) is 1. The summed E-state index contributed by atoms with van der Waals surface area (Å²) in [5.41, 5.74) is 6.74. The zero-order chi connectivity index (χ0) is 15.0. The first-order valence-electron chi connectivity index (χ1n) is 6.63. The molecule has 1 aromatic heterocycles. The summed E-state index contributed by atoms with van der Waals surface area (Å²) in [5, 5.41) is 3.96. The smallest absolute Gasteiger partial charge is 0.150 e. The number of hydrogen-bond donors (Lipinski definition) is 1. The number of benzene rings is 1. The molecule has 2 N–H and O–H groups in total. The zero-order valence-electron chi connectivity index (χ0n) is 11.2. The van der Waals surface area contributed by atoms with Crippen molar-refractivity contribution in [3.8, 4) is 0 Å². The van der Waals surface area contributed by atoms with Gasteiger partial charge in [0.05, 0.1) is 0 Å². The van der Waals surface area contributed by atoms with Gasteiger partial charge in [0.1, 0.15) is 22.3 Å². The molecule has 0 atom stereocenters. The van der Waals surface area contributed by atoms with E-state index in [1.54, 1.807) is 16.2 Å². The predicted molar refractivity (Wildman–Crippen MR) is 85.8 cm³/mol. The first kappa shape index (κ1) is 14.4. The predicted octanol–water partition coefficient (Wildman–Crippen LogP) is 3.83. The molecule has 1 saturated carbocycles. The van der Waals surface area contributed by atoms with Gasteiger partial charge in [0, 0.05) is 18.2 Å². The first-order chi connectivity index (χ1) is 10.1. The third kappa shape index (κ3) is 3.06. The van der Waals surface area contributed by atoms with Crippen LogP contribution in [0.3, 0.4) is 0 Å². The Kier molecular flexibility index (Phi) is 3.91. The summed E-state index contributed by atoms with van der Waals surface area (Å²) in [4.78, 5) is 1.80. The van der Waals surface area contributed by atoms with Crippen LogP contribution < -0.4 is 10.6 Å². The summed E-state index contributed by atoms with van der Waals surface area (Å²) in [6, 6.07) is 4.59. The molecule has 0 radical (unpaired) electrons. The van der Waals surface area contributed by atoms with Crippen LogP contribution in [-0.2, 0) is 6.54 Å². The third-order valence-electron chi connectivity index (χ3n) is 3.51. The van der Waals surface area contributed by atoms with Crippen molar-refractivity contribution < 1.29 is 8.78 Å². The third-order valence-corrected chi connectivity index (χ3v) is 4.48. The minimum atomic E-state index is -0.611. The summed E-state index contributed by atoms with van der Waals surface area (Å²) >= 11 is 6.36. The maximum absolute atomic E-state index is 14.3. The molecular weight excluding hydrogens is 310 g/mol. The van der Waals surface area contributed by atoms with Gasteiger partial charge >= 0.3 is 0 Å². The van der Waals surface area contributed by atoms with Gasteiger partial charge in [0.25, 0.3) is 0 Å². The van der Waals surface area contributed by atoms with Crippen molar-refractivity contribution in [1.82, 2.24) is 0 Å². The number of halogens is 2. The molecule has 2 aromatic rings. The van der Waals surface area contributed by atoms with Gasteiger partial charge in [0.15, 0.2) is 0 Å². The van der Waals surface area contributed by atoms with Gasteiger partial charge in [-0.3, -0.25) is 0 Å². The van der Waals surface area contributed by atoms with E-state index in [4.69, 9.17) is 18.0 Å². The van der Waals surface area contributed by atoms with Crippen LogP contribution in [-0.4, -0.2) is 11.0 Å². The highest BCUT2D eigenvalue weighted by Gasteiger charge is 2.33. The summed E-state index contributed by atoms with van der Waals surface area (Å²) in [6.07, 6.45) is 1.92. The lowest BCUT2D eigenvalue weighted by Crippen LogP contribution is -2.27. The molecule has 6 heteroatoms. The van der Waals surface area contributed by atoms with Crippen molar-refractivity contribution in [3.05, 3.63) is 51.7 Å². The number of thiophene rings is 1. The van der Waals surface area contributed by atoms with E-state index in [0.29, 0.717) is 6.54 Å². The van der Waals surface area contributed by atoms with E-state index in [9.17, 15) is 8.78 Å². The van der Waals surface area contributed by atoms with Crippen LogP contribution in [0.4, 0.5) is 14.5 Å². The molecule has 3 rings (SSSR count). The SMILES string of the molecule is NC(=S)c1cc(F)c(N(Cc2ccsc2)C2CC2)c(F)c1. The maximum atomic E-state index is 14.3. The Hall–Kier alpha value is -1.53. The monoisotopic (exact) mass is 324 g/mol. The molecule has 1 heterocycles. The van der Waals surface area contributed by atoms with Gasteiger partial charge in [0.2, 0.25) is 0 Å². The molecule has 0 unspecified atom stereocenters. The van der Waals surface area contributed by atoms with Crippen LogP contribution in [0.1, 0.15) is 24.0 Å². The van der Waals surface area contributed by atoms with Crippen LogP contribution in [0.25, 0.3) is 0 Å². The second kappa shape index (κ2) is 5.69. The van der Waals surface area contributed by atoms with Crippen molar-refractivity contribution in [1.29, 1.82) is 0 Å². The summed E-state index contributed by atoms with van der Waals surface area (Å²) in [5.74, 6) is -1.22. The van der Waals surface area contributed by atoms with E-state index in [1.807, 2.05) is 16.8 Å². The highest BCUT2D eigenvalue weighted by molar-refractivity contribution is 7.80. The molecule has 0 amide bonds. The number of anilines is 1. The van der Waals surface area contributed by atoms with Crippen LogP contribution >= 0.6 is 23.6 Å². The molecule has 0 saturated heterocycles. The van der Waals surface area contributed by atoms with E-state index in [2.05, 4.69) is 0 Å². The molecule has 0 bridgehead atoms. The lowest BCUT2D eigenvalue weighted by atomic mass is 10.1. The van der Waals surface area contributed by atoms with Crippen molar-refractivity contribution in [2.24, 2.45) is 5.73 Å². The minimum absolute atomic E-state index is 0.00448. The highest BCUT2D eigenvalue weighted by Crippen LogP contribution is 2.36. The summed E-state index contributed by atoms with van der Waals surface area (Å²) in [7, 11) is 0. The first-order valence-corrected chi connectivity index (χ1v) is 7.98. The second-order valence-corrected chi connectivity index (χ2v) is 6.36. The van der Waals surface area contributed by atoms with Gasteiger partial charge in [-0.15, -0.1) is 0 Å². The Morgan fingerprint density at radius 3 is 2.48 bits per heavy atom. The number of rotatable bonds is 5. The van der Waals surface area contributed by atoms with Gasteiger partial charge in [-0.2, -0.15) is 11.3 Å². The molecule has 1 aromatic carbocycles. The minimum Gasteiger partial charge on any atom is -0.389 e. The molecule has 2 nitrogen and oxygen atoms in total. The summed E-state index contributed by atoms with van der Waals surface area (Å²) < 4.78 is 28.7. The molecule has 21 heavy (non-hydrogen) atoms. The van der Waals surface area contributed by atoms with E-state index < -0.39 is 11.6 Å². The highest BCUT2D eigenvalue weighted by atomic mass is 32.1. The number of hydrogen-bond acceptors (Lipinski definition) is 3. The largest absolute Gasteiger partial charge is 0.389 e. The molecule has 0 aliphatic heterocycles. The molecular formula is C15H14F2N2S2. The Bertz CT molecular complexity index is 643. The van der Waals surface area contributed by atoms with Gasteiger partial charge < -0.3 is 10.6 Å². The standard InChI is InChI=1S/C15H14F2N2S2/c16-12-5-10(15(18)20)6-13(17)14(12)19(11-1-2-11)7-9-3-4-21-8-9/h3-6,8,11H,1-2,7H2,(H2,18,20). The van der Waals surface area contributed by atoms with Crippen LogP contribution in [0.15, 0.2) is 29.0 Å². The maximum Gasteiger partial charge on any atom is 0.150 e. The lowest BCUT2D eigenvalue weighted by molar-refractivity contribution is 0.567. The Balaban J connectivity index is 1.97. The average molecular weight is 324 g/mol. The Morgan fingerprint density at radius 1 is 1.33 bits per heavy atom. The fraction of sp³-hybridized carbons (Fsp3) is 0.267. The molecule has 0 spiro atoms. The van der Waals surface area contributed by atoms with Crippen molar-refractivity contribution in [2.45, 2.75) is 25.4 Å². The number of thiocarbonyl (C=S) groups is 1. The molecule has 1 aliphatic carbocycles. The quantitative estimate of drug-likeness (QED) is 0.848. The lowest BCUT2D eigenvalue weighted by Gasteiger charge is -2.25. The van der Waals surface area contributed by atoms with Gasteiger partial charge in [-0.05, 0) is 47.4 Å². The number of nitrogens with two attached hydrogens (primary N) is 1. The van der Waals surface area contributed by atoms with Gasteiger partial charge in [-0.25, -0.2) is 8.78 Å². The van der Waals surface area contributed by atoms with Crippen molar-refractivity contribution in [3.63, 3.8) is 0 Å². The molecule has 1 fully saturated rings. The average Bonchev–Trinajstić information content (AvgIpc) is 3.14. The summed E-state index contributed by atoms with van der Waals surface area (Å²) in [6.45, 7) is 0.508. The zero-order valence-corrected chi connectivity index (χ0v) is 12.8. The molecule has 1 aliphatic rings. The fourth-order valence-electron chi connectivity index (χ4n) is 2.34. The second-order valence-electron chi connectivity index (χ2n) is 5.14. The normalized spacial score (nSPS) is 14.2. The van der Waals surface area contributed by atoms with Crippen LogP contribution in [0.2, 0.25) is 0 Å². The van der Waals surface area contributed by atoms with Crippen LogP contribution in [0.5, 0.6) is 0 Å². The molecule has 110 valence electrons. The Morgan fingerprint density at radius 2 is 2.00 bits per heavy atom. The van der Waals surface area contributed by atoms with E-state index in [1.165, 1.54) is 12.1 Å². The Labute approximate surface area is 131 Å². The topological polar surface area (TPSA) is 29.3 Å². The van der Waals surface area contributed by atoms with Crippen molar-refractivity contribution in [2.75, 3.05) is 4.90 Å². The van der Waals surface area contributed by atoms with Crippen LogP contribution in [0, 0.1) is 11.6 Å². The van der Waals surface area contributed by atoms with E-state index >= 15 is 0 Å². The van der Waals surface area contributed by atoms with Gasteiger partial charge in [-0.1, -0.05) is 12.2 Å². The van der Waals surface area contributed by atoms with E-state index in [-0.39, 0.29) is 22.3 Å².